The molecule has 0 atom stereocenters. The molecule has 1 aliphatic rings. The second-order valence-electron chi connectivity index (χ2n) is 8.80. The minimum atomic E-state index is -0.333. The van der Waals surface area contributed by atoms with Gasteiger partial charge in [-0.1, -0.05) is 26.0 Å². The van der Waals surface area contributed by atoms with Gasteiger partial charge in [0, 0.05) is 50.1 Å². The maximum absolute atomic E-state index is 12.7. The largest absolute Gasteiger partial charge is 0.493 e. The minimum absolute atomic E-state index is 0.135. The van der Waals surface area contributed by atoms with Gasteiger partial charge in [-0.25, -0.2) is 14.8 Å². The van der Waals surface area contributed by atoms with Gasteiger partial charge < -0.3 is 19.1 Å². The molecule has 0 aliphatic carbocycles. The molecule has 3 aromatic rings. The number of hydrogen-bond donors (Lipinski definition) is 0. The standard InChI is InChI=1S/C26H32N4O4/c1-17(2)18-6-8-19(9-7-18)29(3)26(31)34-20-10-12-30(13-11-20)25-21-14-23(32-4)24(33-5)15-22(21)27-16-28-25/h6-9,14-17,20H,10-13H2,1-5H3. The average Bonchev–Trinajstić information content (AvgIpc) is 2.87. The molecular formula is C26H32N4O4. The van der Waals surface area contributed by atoms with Crippen molar-refractivity contribution in [2.45, 2.75) is 38.7 Å². The van der Waals surface area contributed by atoms with Gasteiger partial charge >= 0.3 is 6.09 Å². The van der Waals surface area contributed by atoms with Crippen LogP contribution in [0, 0.1) is 0 Å². The van der Waals surface area contributed by atoms with Gasteiger partial charge in [0.2, 0.25) is 0 Å². The Balaban J connectivity index is 1.40. The topological polar surface area (TPSA) is 77.0 Å². The molecule has 0 N–H and O–H groups in total. The Hall–Kier alpha value is -3.55. The van der Waals surface area contributed by atoms with E-state index in [9.17, 15) is 4.79 Å². The fourth-order valence-electron chi connectivity index (χ4n) is 4.22. The zero-order chi connectivity index (χ0) is 24.2. The van der Waals surface area contributed by atoms with Crippen molar-refractivity contribution in [1.29, 1.82) is 0 Å². The van der Waals surface area contributed by atoms with E-state index in [1.54, 1.807) is 32.5 Å². The van der Waals surface area contributed by atoms with Gasteiger partial charge in [-0.15, -0.1) is 0 Å². The third kappa shape index (κ3) is 4.85. The van der Waals surface area contributed by atoms with Crippen molar-refractivity contribution in [3.63, 3.8) is 0 Å². The molecule has 1 fully saturated rings. The third-order valence-corrected chi connectivity index (χ3v) is 6.35. The van der Waals surface area contributed by atoms with E-state index >= 15 is 0 Å². The monoisotopic (exact) mass is 464 g/mol. The second kappa shape index (κ2) is 10.2. The molecule has 0 radical (unpaired) electrons. The Morgan fingerprint density at radius 3 is 2.29 bits per heavy atom. The number of carbonyl (C=O) groups excluding carboxylic acids is 1. The van der Waals surface area contributed by atoms with Crippen LogP contribution in [0.15, 0.2) is 42.7 Å². The van der Waals surface area contributed by atoms with Gasteiger partial charge in [0.25, 0.3) is 0 Å². The lowest BCUT2D eigenvalue weighted by Crippen LogP contribution is -2.40. The molecule has 180 valence electrons. The van der Waals surface area contributed by atoms with E-state index in [0.717, 1.165) is 48.3 Å². The SMILES string of the molecule is COc1cc2ncnc(N3CCC(OC(=O)N(C)c4ccc(C(C)C)cc4)CC3)c2cc1OC. The van der Waals surface area contributed by atoms with Crippen molar-refractivity contribution in [3.8, 4) is 11.5 Å². The Labute approximate surface area is 200 Å². The molecule has 34 heavy (non-hydrogen) atoms. The molecule has 1 aromatic heterocycles. The smallest absolute Gasteiger partial charge is 0.414 e. The fourth-order valence-corrected chi connectivity index (χ4v) is 4.22. The number of methoxy groups -OCH3 is 2. The number of piperidine rings is 1. The molecule has 8 heteroatoms. The predicted molar refractivity (Wildman–Crippen MR) is 133 cm³/mol. The zero-order valence-corrected chi connectivity index (χ0v) is 20.4. The van der Waals surface area contributed by atoms with Crippen LogP contribution in [0.2, 0.25) is 0 Å². The number of benzene rings is 2. The van der Waals surface area contributed by atoms with Crippen molar-refractivity contribution >= 4 is 28.5 Å². The highest BCUT2D eigenvalue weighted by molar-refractivity contribution is 5.92. The van der Waals surface area contributed by atoms with E-state index in [4.69, 9.17) is 14.2 Å². The maximum Gasteiger partial charge on any atom is 0.414 e. The van der Waals surface area contributed by atoms with Crippen LogP contribution in [-0.2, 0) is 4.74 Å². The Kier molecular flexibility index (Phi) is 7.05. The van der Waals surface area contributed by atoms with Crippen LogP contribution < -0.4 is 19.3 Å². The van der Waals surface area contributed by atoms with E-state index in [1.165, 1.54) is 5.56 Å². The van der Waals surface area contributed by atoms with E-state index in [-0.39, 0.29) is 12.2 Å². The van der Waals surface area contributed by atoms with Crippen molar-refractivity contribution in [2.75, 3.05) is 44.2 Å². The number of fused-ring (bicyclic) bond motifs is 1. The van der Waals surface area contributed by atoms with Gasteiger partial charge in [-0.3, -0.25) is 4.90 Å². The lowest BCUT2D eigenvalue weighted by Gasteiger charge is -2.33. The molecule has 0 spiro atoms. The van der Waals surface area contributed by atoms with E-state index in [0.29, 0.717) is 17.4 Å². The molecule has 0 saturated carbocycles. The van der Waals surface area contributed by atoms with Crippen LogP contribution in [0.1, 0.15) is 38.2 Å². The predicted octanol–water partition coefficient (Wildman–Crippen LogP) is 5.01. The number of aromatic nitrogens is 2. The summed E-state index contributed by atoms with van der Waals surface area (Å²) < 4.78 is 16.7. The molecule has 0 unspecified atom stereocenters. The molecule has 8 nitrogen and oxygen atoms in total. The zero-order valence-electron chi connectivity index (χ0n) is 20.4. The maximum atomic E-state index is 12.7. The van der Waals surface area contributed by atoms with Crippen molar-refractivity contribution in [1.82, 2.24) is 9.97 Å². The van der Waals surface area contributed by atoms with Gasteiger partial charge in [-0.2, -0.15) is 0 Å². The summed E-state index contributed by atoms with van der Waals surface area (Å²) in [6.45, 7) is 5.75. The van der Waals surface area contributed by atoms with Gasteiger partial charge in [0.05, 0.1) is 19.7 Å². The number of hydrogen-bond acceptors (Lipinski definition) is 7. The number of carbonyl (C=O) groups is 1. The summed E-state index contributed by atoms with van der Waals surface area (Å²) in [7, 11) is 4.97. The lowest BCUT2D eigenvalue weighted by atomic mass is 10.0. The quantitative estimate of drug-likeness (QED) is 0.507. The molecule has 1 amide bonds. The number of nitrogens with zero attached hydrogens (tertiary/aromatic N) is 4. The fraction of sp³-hybridized carbons (Fsp3) is 0.423. The van der Waals surface area contributed by atoms with Crippen LogP contribution in [0.3, 0.4) is 0 Å². The first-order chi connectivity index (χ1) is 16.4. The van der Waals surface area contributed by atoms with E-state index < -0.39 is 0 Å². The van der Waals surface area contributed by atoms with Gasteiger partial charge in [0.15, 0.2) is 11.5 Å². The number of rotatable bonds is 6. The highest BCUT2D eigenvalue weighted by Gasteiger charge is 2.26. The van der Waals surface area contributed by atoms with Crippen molar-refractivity contribution < 1.29 is 19.0 Å². The van der Waals surface area contributed by atoms with E-state index in [2.05, 4.69) is 40.8 Å². The molecule has 0 bridgehead atoms. The summed E-state index contributed by atoms with van der Waals surface area (Å²) >= 11 is 0. The van der Waals surface area contributed by atoms with E-state index in [1.807, 2.05) is 24.3 Å². The highest BCUT2D eigenvalue weighted by atomic mass is 16.6. The van der Waals surface area contributed by atoms with Crippen LogP contribution in [0.25, 0.3) is 10.9 Å². The summed E-state index contributed by atoms with van der Waals surface area (Å²) in [5.74, 6) is 2.57. The Morgan fingerprint density at radius 2 is 1.68 bits per heavy atom. The first-order valence-electron chi connectivity index (χ1n) is 11.6. The number of ether oxygens (including phenoxy) is 3. The third-order valence-electron chi connectivity index (χ3n) is 6.35. The Bertz CT molecular complexity index is 1140. The molecule has 4 rings (SSSR count). The van der Waals surface area contributed by atoms with Crippen molar-refractivity contribution in [2.24, 2.45) is 0 Å². The van der Waals surface area contributed by atoms with Crippen LogP contribution in [-0.4, -0.2) is 56.5 Å². The van der Waals surface area contributed by atoms with Gasteiger partial charge in [0.1, 0.15) is 18.2 Å². The minimum Gasteiger partial charge on any atom is -0.493 e. The molecule has 2 heterocycles. The van der Waals surface area contributed by atoms with Gasteiger partial charge in [-0.05, 0) is 29.7 Å². The summed E-state index contributed by atoms with van der Waals surface area (Å²) in [6.07, 6.45) is 2.55. The summed E-state index contributed by atoms with van der Waals surface area (Å²) in [5.41, 5.74) is 2.86. The number of amides is 1. The summed E-state index contributed by atoms with van der Waals surface area (Å²) in [6, 6.07) is 11.8. The molecule has 1 saturated heterocycles. The van der Waals surface area contributed by atoms with Crippen molar-refractivity contribution in [3.05, 3.63) is 48.3 Å². The van der Waals surface area contributed by atoms with Crippen LogP contribution in [0.5, 0.6) is 11.5 Å². The summed E-state index contributed by atoms with van der Waals surface area (Å²) in [5, 5.41) is 0.903. The van der Waals surface area contributed by atoms with Crippen LogP contribution in [0.4, 0.5) is 16.3 Å². The molecule has 2 aromatic carbocycles. The first-order valence-corrected chi connectivity index (χ1v) is 11.6. The Morgan fingerprint density at radius 1 is 1.03 bits per heavy atom. The molecular weight excluding hydrogens is 432 g/mol. The average molecular weight is 465 g/mol. The summed E-state index contributed by atoms with van der Waals surface area (Å²) in [4.78, 5) is 25.4. The molecule has 1 aliphatic heterocycles. The number of anilines is 2. The second-order valence-corrected chi connectivity index (χ2v) is 8.80. The lowest BCUT2D eigenvalue weighted by molar-refractivity contribution is 0.0900. The highest BCUT2D eigenvalue weighted by Crippen LogP contribution is 2.35. The normalized spacial score (nSPS) is 14.4. The van der Waals surface area contributed by atoms with Crippen LogP contribution >= 0.6 is 0 Å². The first kappa shape index (κ1) is 23.6.